The number of alkyl halides is 6. The maximum Gasteiger partial charge on any atom is 0.417 e. The quantitative estimate of drug-likeness (QED) is 0.770. The number of halogens is 6. The number of aliphatic hydroxyl groups excluding tert-OH is 1. The van der Waals surface area contributed by atoms with Crippen LogP contribution in [0.3, 0.4) is 0 Å². The van der Waals surface area contributed by atoms with E-state index in [9.17, 15) is 36.2 Å². The van der Waals surface area contributed by atoms with Crippen molar-refractivity contribution in [2.75, 3.05) is 0 Å². The number of hydrogen-bond acceptors (Lipinski definition) is 3. The van der Waals surface area contributed by atoms with Crippen molar-refractivity contribution in [1.29, 1.82) is 0 Å². The second-order valence-corrected chi connectivity index (χ2v) is 5.39. The van der Waals surface area contributed by atoms with Crippen LogP contribution in [-0.2, 0) is 17.5 Å². The van der Waals surface area contributed by atoms with Crippen LogP contribution in [0.1, 0.15) is 29.7 Å². The topological polar surface area (TPSA) is 62.2 Å². The summed E-state index contributed by atoms with van der Waals surface area (Å²) < 4.78 is 68.7. The fourth-order valence-electron chi connectivity index (χ4n) is 1.81. The number of carbonyl (C=O) groups excluding carboxylic acids is 1. The number of nitrogens with one attached hydrogen (secondary N) is 1. The van der Waals surface area contributed by atoms with Crippen LogP contribution in [0, 0.1) is 0 Å². The van der Waals surface area contributed by atoms with Crippen molar-refractivity contribution < 1.29 is 36.2 Å². The molecule has 1 aromatic carbocycles. The first-order chi connectivity index (χ1) is 12.4. The number of carbonyl (C=O) groups is 1. The van der Waals surface area contributed by atoms with E-state index in [1.54, 1.807) is 30.3 Å². The van der Waals surface area contributed by atoms with Gasteiger partial charge in [0.2, 0.25) is 0 Å². The molecule has 2 rings (SSSR count). The molecule has 0 saturated carbocycles. The number of pyridine rings is 1. The summed E-state index contributed by atoms with van der Waals surface area (Å²) >= 11 is 0. The van der Waals surface area contributed by atoms with Crippen LogP contribution in [0.15, 0.2) is 48.8 Å². The van der Waals surface area contributed by atoms with Gasteiger partial charge in [0.15, 0.2) is 6.10 Å². The van der Waals surface area contributed by atoms with Gasteiger partial charge >= 0.3 is 12.4 Å². The zero-order valence-corrected chi connectivity index (χ0v) is 14.0. The molecule has 0 aliphatic heterocycles. The summed E-state index contributed by atoms with van der Waals surface area (Å²) in [6.45, 7) is 0.0344. The highest BCUT2D eigenvalue weighted by Crippen LogP contribution is 2.28. The molecule has 0 spiro atoms. The molecule has 10 heteroatoms. The number of aromatic nitrogens is 1. The zero-order chi connectivity index (χ0) is 20.7. The maximum atomic E-state index is 12.5. The van der Waals surface area contributed by atoms with E-state index in [2.05, 4.69) is 10.3 Å². The Kier molecular flexibility index (Phi) is 7.77. The third kappa shape index (κ3) is 9.04. The van der Waals surface area contributed by atoms with Gasteiger partial charge in [-0.3, -0.25) is 9.78 Å². The van der Waals surface area contributed by atoms with Crippen molar-refractivity contribution in [3.63, 3.8) is 0 Å². The van der Waals surface area contributed by atoms with E-state index < -0.39 is 29.9 Å². The van der Waals surface area contributed by atoms with Gasteiger partial charge in [-0.1, -0.05) is 30.3 Å². The van der Waals surface area contributed by atoms with E-state index in [4.69, 9.17) is 0 Å². The fraction of sp³-hybridized carbons (Fsp3) is 0.294. The predicted molar refractivity (Wildman–Crippen MR) is 84.2 cm³/mol. The molecule has 0 aliphatic carbocycles. The van der Waals surface area contributed by atoms with Gasteiger partial charge in [0.1, 0.15) is 0 Å². The van der Waals surface area contributed by atoms with Crippen molar-refractivity contribution in [2.45, 2.75) is 31.9 Å². The number of hydrogen-bond donors (Lipinski definition) is 2. The Morgan fingerprint density at radius 1 is 1.11 bits per heavy atom. The highest BCUT2D eigenvalue weighted by molar-refractivity contribution is 5.81. The van der Waals surface area contributed by atoms with Crippen LogP contribution >= 0.6 is 0 Å². The molecule has 0 radical (unpaired) electrons. The molecule has 0 aliphatic rings. The molecule has 1 heterocycles. The summed E-state index contributed by atoms with van der Waals surface area (Å²) in [4.78, 5) is 15.3. The first-order valence-corrected chi connectivity index (χ1v) is 7.46. The van der Waals surface area contributed by atoms with Crippen molar-refractivity contribution in [1.82, 2.24) is 10.3 Å². The average Bonchev–Trinajstić information content (AvgIpc) is 2.58. The highest BCUT2D eigenvalue weighted by Gasteiger charge is 2.31. The lowest BCUT2D eigenvalue weighted by molar-refractivity contribution is -0.137. The van der Waals surface area contributed by atoms with Gasteiger partial charge in [-0.2, -0.15) is 26.3 Å². The molecular weight excluding hydrogens is 378 g/mol. The molecule has 2 N–H and O–H groups in total. The van der Waals surface area contributed by atoms with E-state index in [-0.39, 0.29) is 19.0 Å². The highest BCUT2D eigenvalue weighted by atomic mass is 19.4. The Balaban J connectivity index is 0.000000646. The first-order valence-electron chi connectivity index (χ1n) is 7.46. The normalized spacial score (nSPS) is 12.6. The number of rotatable bonds is 4. The molecule has 148 valence electrons. The summed E-state index contributed by atoms with van der Waals surface area (Å²) in [5, 5.41) is 12.2. The molecule has 1 atom stereocenters. The monoisotopic (exact) mass is 394 g/mol. The molecule has 0 fully saturated rings. The summed E-state index contributed by atoms with van der Waals surface area (Å²) in [5.41, 5.74) is -0.284. The molecule has 0 bridgehead atoms. The van der Waals surface area contributed by atoms with Gasteiger partial charge in [-0.25, -0.2) is 0 Å². The van der Waals surface area contributed by atoms with Crippen molar-refractivity contribution in [3.05, 3.63) is 65.5 Å². The molecule has 2 aromatic rings. The van der Waals surface area contributed by atoms with Crippen LogP contribution in [0.25, 0.3) is 0 Å². The van der Waals surface area contributed by atoms with Gasteiger partial charge in [0, 0.05) is 25.9 Å². The molecule has 27 heavy (non-hydrogen) atoms. The summed E-state index contributed by atoms with van der Waals surface area (Å²) in [6.07, 6.45) is -7.93. The van der Waals surface area contributed by atoms with Gasteiger partial charge in [-0.05, 0) is 17.2 Å². The fourth-order valence-corrected chi connectivity index (χ4v) is 1.81. The number of amides is 1. The first kappa shape index (κ1) is 22.4. The summed E-state index contributed by atoms with van der Waals surface area (Å²) in [5.74, 6) is -0.691. The summed E-state index contributed by atoms with van der Waals surface area (Å²) in [7, 11) is 0. The SMILES string of the molecule is CC(F)(F)F.O=C(NCc1cncc(C(F)(F)F)c1)C(O)c1ccccc1. The van der Waals surface area contributed by atoms with Crippen LogP contribution in [0.2, 0.25) is 0 Å². The zero-order valence-electron chi connectivity index (χ0n) is 14.0. The Bertz CT molecular complexity index is 726. The Morgan fingerprint density at radius 2 is 1.67 bits per heavy atom. The van der Waals surface area contributed by atoms with Crippen molar-refractivity contribution >= 4 is 5.91 Å². The van der Waals surface area contributed by atoms with E-state index in [0.29, 0.717) is 11.8 Å². The predicted octanol–water partition coefficient (Wildman–Crippen LogP) is 4.02. The van der Waals surface area contributed by atoms with Gasteiger partial charge in [0.05, 0.1) is 5.56 Å². The van der Waals surface area contributed by atoms with Gasteiger partial charge in [-0.15, -0.1) is 0 Å². The van der Waals surface area contributed by atoms with Crippen LogP contribution in [0.4, 0.5) is 26.3 Å². The van der Waals surface area contributed by atoms with E-state index in [1.165, 1.54) is 6.20 Å². The average molecular weight is 394 g/mol. The smallest absolute Gasteiger partial charge is 0.378 e. The lowest BCUT2D eigenvalue weighted by Gasteiger charge is -2.12. The number of benzene rings is 1. The second kappa shape index (κ2) is 9.36. The molecular formula is C17H16F6N2O2. The molecule has 1 unspecified atom stereocenters. The minimum Gasteiger partial charge on any atom is -0.378 e. The minimum absolute atomic E-state index is 0.153. The van der Waals surface area contributed by atoms with E-state index in [1.807, 2.05) is 0 Å². The number of aliphatic hydroxyl groups is 1. The van der Waals surface area contributed by atoms with Gasteiger partial charge < -0.3 is 10.4 Å². The van der Waals surface area contributed by atoms with Crippen LogP contribution < -0.4 is 5.32 Å². The van der Waals surface area contributed by atoms with E-state index in [0.717, 1.165) is 6.07 Å². The van der Waals surface area contributed by atoms with Crippen molar-refractivity contribution in [3.8, 4) is 0 Å². The lowest BCUT2D eigenvalue weighted by atomic mass is 10.1. The molecule has 0 saturated heterocycles. The molecule has 1 amide bonds. The van der Waals surface area contributed by atoms with Crippen LogP contribution in [0.5, 0.6) is 0 Å². The Morgan fingerprint density at radius 3 is 2.19 bits per heavy atom. The third-order valence-corrected chi connectivity index (χ3v) is 2.95. The molecule has 4 nitrogen and oxygen atoms in total. The number of nitrogens with zero attached hydrogens (tertiary/aromatic N) is 1. The molecule has 1 aromatic heterocycles. The largest absolute Gasteiger partial charge is 0.417 e. The van der Waals surface area contributed by atoms with Crippen LogP contribution in [-0.4, -0.2) is 22.2 Å². The van der Waals surface area contributed by atoms with E-state index >= 15 is 0 Å². The maximum absolute atomic E-state index is 12.5. The minimum atomic E-state index is -4.49. The van der Waals surface area contributed by atoms with Crippen molar-refractivity contribution in [2.24, 2.45) is 0 Å². The Labute approximate surface area is 150 Å². The van der Waals surface area contributed by atoms with Gasteiger partial charge in [0.25, 0.3) is 5.91 Å². The second-order valence-electron chi connectivity index (χ2n) is 5.39. The third-order valence-electron chi connectivity index (χ3n) is 2.95. The standard InChI is InChI=1S/C15H13F3N2O2.C2H3F3/c16-15(17,18)12-6-10(7-19-9-12)8-20-14(22)13(21)11-4-2-1-3-5-11;1-2(3,4)5/h1-7,9,13,21H,8H2,(H,20,22);1H3. The lowest BCUT2D eigenvalue weighted by Crippen LogP contribution is -2.29. The summed E-state index contributed by atoms with van der Waals surface area (Å²) in [6, 6.07) is 9.14. The Hall–Kier alpha value is -2.62.